The maximum Gasteiger partial charge on any atom is 0.164 e. The Labute approximate surface area is 281 Å². The summed E-state index contributed by atoms with van der Waals surface area (Å²) in [4.78, 5) is 19.9. The second-order valence-corrected chi connectivity index (χ2v) is 12.3. The largest absolute Gasteiger partial charge is 0.456 e. The maximum atomic E-state index is 6.37. The van der Waals surface area contributed by atoms with Crippen LogP contribution in [-0.4, -0.2) is 19.9 Å². The van der Waals surface area contributed by atoms with Gasteiger partial charge in [0, 0.05) is 33.8 Å². The molecule has 0 aliphatic carbocycles. The Morgan fingerprint density at radius 1 is 0.388 bits per heavy atom. The monoisotopic (exact) mass is 626 g/mol. The standard InChI is InChI=1S/C44H26N4O/c1-2-10-28(11-3-1)42-46-43(33-18-17-27-9-4-5-12-29(27)23-33)48-44(47-42)34-19-20-35-32(24-34)15-8-16-36(35)41-40-37-25-30-13-6-7-14-31(30)26-39(37)49-38(40)21-22-45-41/h1-26H. The maximum absolute atomic E-state index is 6.37. The van der Waals surface area contributed by atoms with E-state index in [9.17, 15) is 0 Å². The molecule has 0 atom stereocenters. The van der Waals surface area contributed by atoms with Crippen molar-refractivity contribution in [3.63, 3.8) is 0 Å². The van der Waals surface area contributed by atoms with E-state index >= 15 is 0 Å². The van der Waals surface area contributed by atoms with Crippen LogP contribution >= 0.6 is 0 Å². The van der Waals surface area contributed by atoms with Gasteiger partial charge in [-0.15, -0.1) is 0 Å². The summed E-state index contributed by atoms with van der Waals surface area (Å²) >= 11 is 0. The van der Waals surface area contributed by atoms with Gasteiger partial charge in [0.1, 0.15) is 11.2 Å². The summed E-state index contributed by atoms with van der Waals surface area (Å²) in [5.41, 5.74) is 6.42. The van der Waals surface area contributed by atoms with Crippen molar-refractivity contribution >= 4 is 54.3 Å². The number of hydrogen-bond donors (Lipinski definition) is 0. The van der Waals surface area contributed by atoms with E-state index in [1.807, 2.05) is 42.6 Å². The molecule has 10 aromatic rings. The second kappa shape index (κ2) is 10.9. The fourth-order valence-corrected chi connectivity index (χ4v) is 6.92. The van der Waals surface area contributed by atoms with Crippen LogP contribution in [0.1, 0.15) is 0 Å². The highest BCUT2D eigenvalue weighted by Gasteiger charge is 2.18. The minimum Gasteiger partial charge on any atom is -0.456 e. The highest BCUT2D eigenvalue weighted by Crippen LogP contribution is 2.40. The first kappa shape index (κ1) is 27.4. The molecule has 49 heavy (non-hydrogen) atoms. The van der Waals surface area contributed by atoms with Crippen LogP contribution in [0, 0.1) is 0 Å². The molecule has 10 rings (SSSR count). The van der Waals surface area contributed by atoms with Gasteiger partial charge in [0.2, 0.25) is 0 Å². The molecule has 0 aliphatic rings. The smallest absolute Gasteiger partial charge is 0.164 e. The third kappa shape index (κ3) is 4.63. The van der Waals surface area contributed by atoms with E-state index < -0.39 is 0 Å². The van der Waals surface area contributed by atoms with Crippen LogP contribution in [0.15, 0.2) is 162 Å². The average Bonchev–Trinajstić information content (AvgIpc) is 3.54. The molecule has 0 fully saturated rings. The van der Waals surface area contributed by atoms with E-state index in [-0.39, 0.29) is 0 Å². The summed E-state index contributed by atoms with van der Waals surface area (Å²) in [7, 11) is 0. The van der Waals surface area contributed by atoms with Gasteiger partial charge in [-0.05, 0) is 62.6 Å². The predicted octanol–water partition coefficient (Wildman–Crippen LogP) is 11.3. The summed E-state index contributed by atoms with van der Waals surface area (Å²) < 4.78 is 6.37. The highest BCUT2D eigenvalue weighted by atomic mass is 16.3. The lowest BCUT2D eigenvalue weighted by molar-refractivity contribution is 0.669. The zero-order valence-corrected chi connectivity index (χ0v) is 26.2. The molecule has 0 N–H and O–H groups in total. The number of pyridine rings is 1. The number of fused-ring (bicyclic) bond motifs is 6. The van der Waals surface area contributed by atoms with Crippen LogP contribution in [0.25, 0.3) is 99.7 Å². The van der Waals surface area contributed by atoms with Gasteiger partial charge in [-0.25, -0.2) is 15.0 Å². The number of benzene rings is 7. The molecule has 0 aliphatic heterocycles. The molecule has 0 unspecified atom stereocenters. The first-order chi connectivity index (χ1) is 24.2. The predicted molar refractivity (Wildman–Crippen MR) is 199 cm³/mol. The molecule has 3 aromatic heterocycles. The number of rotatable bonds is 4. The van der Waals surface area contributed by atoms with Crippen molar-refractivity contribution in [2.24, 2.45) is 0 Å². The molecule has 0 saturated carbocycles. The van der Waals surface area contributed by atoms with Gasteiger partial charge >= 0.3 is 0 Å². The fourth-order valence-electron chi connectivity index (χ4n) is 6.92. The number of hydrogen-bond acceptors (Lipinski definition) is 5. The van der Waals surface area contributed by atoms with Crippen LogP contribution in [0.5, 0.6) is 0 Å². The molecule has 0 spiro atoms. The van der Waals surface area contributed by atoms with Crippen molar-refractivity contribution in [2.75, 3.05) is 0 Å². The molecular formula is C44H26N4O. The van der Waals surface area contributed by atoms with E-state index in [0.29, 0.717) is 17.5 Å². The molecule has 228 valence electrons. The van der Waals surface area contributed by atoms with E-state index in [0.717, 1.165) is 71.4 Å². The van der Waals surface area contributed by atoms with Crippen molar-refractivity contribution in [1.82, 2.24) is 19.9 Å². The Hall–Kier alpha value is -6.72. The Balaban J connectivity index is 1.14. The third-order valence-electron chi connectivity index (χ3n) is 9.32. The summed E-state index contributed by atoms with van der Waals surface area (Å²) in [6.07, 6.45) is 1.83. The van der Waals surface area contributed by atoms with Gasteiger partial charge in [0.05, 0.1) is 11.1 Å². The molecule has 7 aromatic carbocycles. The van der Waals surface area contributed by atoms with E-state index in [1.165, 1.54) is 10.8 Å². The van der Waals surface area contributed by atoms with Gasteiger partial charge in [-0.2, -0.15) is 0 Å². The lowest BCUT2D eigenvalue weighted by atomic mass is 9.96. The quantitative estimate of drug-likeness (QED) is 0.194. The summed E-state index contributed by atoms with van der Waals surface area (Å²) in [5, 5.41) is 8.88. The van der Waals surface area contributed by atoms with Gasteiger partial charge < -0.3 is 4.42 Å². The molecule has 0 amide bonds. The first-order valence-corrected chi connectivity index (χ1v) is 16.3. The zero-order valence-electron chi connectivity index (χ0n) is 26.2. The Bertz CT molecular complexity index is 2890. The van der Waals surface area contributed by atoms with Gasteiger partial charge in [-0.1, -0.05) is 121 Å². The van der Waals surface area contributed by atoms with Crippen LogP contribution in [0.3, 0.4) is 0 Å². The van der Waals surface area contributed by atoms with Crippen LogP contribution in [0.2, 0.25) is 0 Å². The van der Waals surface area contributed by atoms with Gasteiger partial charge in [0.25, 0.3) is 0 Å². The minimum absolute atomic E-state index is 0.622. The molecule has 0 saturated heterocycles. The molecule has 5 nitrogen and oxygen atoms in total. The minimum atomic E-state index is 0.622. The molecule has 0 radical (unpaired) electrons. The van der Waals surface area contributed by atoms with Crippen molar-refractivity contribution in [3.8, 4) is 45.4 Å². The molecule has 5 heteroatoms. The average molecular weight is 627 g/mol. The van der Waals surface area contributed by atoms with Gasteiger partial charge in [0.15, 0.2) is 17.5 Å². The number of furan rings is 1. The third-order valence-corrected chi connectivity index (χ3v) is 9.32. The Morgan fingerprint density at radius 2 is 1.00 bits per heavy atom. The molecular weight excluding hydrogens is 601 g/mol. The zero-order chi connectivity index (χ0) is 32.3. The number of aromatic nitrogens is 4. The van der Waals surface area contributed by atoms with E-state index in [2.05, 4.69) is 115 Å². The van der Waals surface area contributed by atoms with Crippen LogP contribution in [-0.2, 0) is 0 Å². The lowest BCUT2D eigenvalue weighted by Crippen LogP contribution is -2.00. The van der Waals surface area contributed by atoms with Crippen molar-refractivity contribution < 1.29 is 4.42 Å². The van der Waals surface area contributed by atoms with E-state index in [1.54, 1.807) is 0 Å². The highest BCUT2D eigenvalue weighted by molar-refractivity contribution is 6.16. The second-order valence-electron chi connectivity index (χ2n) is 12.3. The number of nitrogens with zero attached hydrogens (tertiary/aromatic N) is 4. The Morgan fingerprint density at radius 3 is 1.78 bits per heavy atom. The summed E-state index contributed by atoms with van der Waals surface area (Å²) in [6, 6.07) is 52.2. The lowest BCUT2D eigenvalue weighted by Gasteiger charge is -2.11. The summed E-state index contributed by atoms with van der Waals surface area (Å²) in [5.74, 6) is 1.90. The van der Waals surface area contributed by atoms with E-state index in [4.69, 9.17) is 24.4 Å². The fraction of sp³-hybridized carbons (Fsp3) is 0. The topological polar surface area (TPSA) is 64.7 Å². The normalized spacial score (nSPS) is 11.7. The SMILES string of the molecule is c1ccc(-c2nc(-c3ccc4ccccc4c3)nc(-c3ccc4c(-c5nccc6oc7cc8ccccc8cc7c56)cccc4c3)n2)cc1. The molecule has 0 bridgehead atoms. The van der Waals surface area contributed by atoms with Crippen LogP contribution < -0.4 is 0 Å². The first-order valence-electron chi connectivity index (χ1n) is 16.3. The summed E-state index contributed by atoms with van der Waals surface area (Å²) in [6.45, 7) is 0. The molecule has 3 heterocycles. The van der Waals surface area contributed by atoms with Crippen molar-refractivity contribution in [1.29, 1.82) is 0 Å². The van der Waals surface area contributed by atoms with Crippen molar-refractivity contribution in [2.45, 2.75) is 0 Å². The van der Waals surface area contributed by atoms with Gasteiger partial charge in [-0.3, -0.25) is 4.98 Å². The van der Waals surface area contributed by atoms with Crippen molar-refractivity contribution in [3.05, 3.63) is 158 Å². The Kier molecular flexibility index (Phi) is 6.11. The van der Waals surface area contributed by atoms with Crippen LogP contribution in [0.4, 0.5) is 0 Å².